The number of fused-ring (bicyclic) bond motifs is 3. The maximum atomic E-state index is 5.29. The number of hydrogen-bond donors (Lipinski definition) is 0. The molecule has 1 saturated heterocycles. The van der Waals surface area contributed by atoms with Crippen LogP contribution in [0.4, 0.5) is 0 Å². The van der Waals surface area contributed by atoms with Gasteiger partial charge < -0.3 is 4.74 Å². The molecule has 2 aromatic heterocycles. The first kappa shape index (κ1) is 18.5. The van der Waals surface area contributed by atoms with Crippen LogP contribution in [0.3, 0.4) is 0 Å². The highest BCUT2D eigenvalue weighted by Crippen LogP contribution is 2.25. The molecule has 0 aliphatic carbocycles. The normalized spacial score (nSPS) is 15.2. The summed E-state index contributed by atoms with van der Waals surface area (Å²) in [6.45, 7) is 3.07. The third-order valence-electron chi connectivity index (χ3n) is 5.55. The minimum Gasteiger partial charge on any atom is -0.497 e. The molecular formula is C23H24N4OS. The molecular weight excluding hydrogens is 380 g/mol. The molecule has 0 spiro atoms. The van der Waals surface area contributed by atoms with Crippen LogP contribution in [0.1, 0.15) is 17.0 Å². The lowest BCUT2D eigenvalue weighted by Gasteiger charge is -2.25. The lowest BCUT2D eigenvalue weighted by Crippen LogP contribution is -2.32. The SMILES string of the molecule is COc1ccc(Cc2cc3ccccc3n3c(CN4CCSCC4)nnc23)cc1. The van der Waals surface area contributed by atoms with Gasteiger partial charge in [0.1, 0.15) is 5.75 Å². The van der Waals surface area contributed by atoms with Gasteiger partial charge in [-0.25, -0.2) is 0 Å². The molecule has 3 heterocycles. The second kappa shape index (κ2) is 8.05. The standard InChI is InChI=1S/C23H24N4OS/c1-28-20-8-6-17(7-9-20)14-19-15-18-4-2-3-5-21(18)27-22(24-25-23(19)27)16-26-10-12-29-13-11-26/h2-9,15H,10-14,16H2,1H3. The number of methoxy groups -OCH3 is 1. The summed E-state index contributed by atoms with van der Waals surface area (Å²) >= 11 is 2.03. The van der Waals surface area contributed by atoms with Crippen LogP contribution in [-0.2, 0) is 13.0 Å². The summed E-state index contributed by atoms with van der Waals surface area (Å²) in [5.74, 6) is 4.29. The van der Waals surface area contributed by atoms with E-state index in [1.807, 2.05) is 23.9 Å². The number of rotatable bonds is 5. The number of aromatic nitrogens is 3. The first-order valence-corrected chi connectivity index (χ1v) is 11.1. The van der Waals surface area contributed by atoms with Gasteiger partial charge >= 0.3 is 0 Å². The van der Waals surface area contributed by atoms with E-state index in [4.69, 9.17) is 4.74 Å². The van der Waals surface area contributed by atoms with Gasteiger partial charge in [0.25, 0.3) is 0 Å². The summed E-state index contributed by atoms with van der Waals surface area (Å²) in [7, 11) is 1.70. The lowest BCUT2D eigenvalue weighted by molar-refractivity contribution is 0.286. The zero-order valence-electron chi connectivity index (χ0n) is 16.5. The van der Waals surface area contributed by atoms with Gasteiger partial charge in [-0.1, -0.05) is 30.3 Å². The van der Waals surface area contributed by atoms with Gasteiger partial charge in [-0.05, 0) is 35.2 Å². The zero-order valence-corrected chi connectivity index (χ0v) is 17.4. The molecule has 0 unspecified atom stereocenters. The molecule has 148 valence electrons. The van der Waals surface area contributed by atoms with Crippen LogP contribution in [0.5, 0.6) is 5.75 Å². The molecule has 0 amide bonds. The van der Waals surface area contributed by atoms with Gasteiger partial charge in [-0.3, -0.25) is 9.30 Å². The number of hydrogen-bond acceptors (Lipinski definition) is 5. The number of pyridine rings is 1. The molecule has 0 saturated carbocycles. The summed E-state index contributed by atoms with van der Waals surface area (Å²) in [5, 5.41) is 10.5. The molecule has 0 N–H and O–H groups in total. The topological polar surface area (TPSA) is 42.7 Å². The van der Waals surface area contributed by atoms with Crippen LogP contribution in [0.25, 0.3) is 16.6 Å². The van der Waals surface area contributed by atoms with E-state index in [1.165, 1.54) is 33.5 Å². The highest BCUT2D eigenvalue weighted by molar-refractivity contribution is 7.99. The van der Waals surface area contributed by atoms with E-state index in [1.54, 1.807) is 7.11 Å². The Hall–Kier alpha value is -2.57. The van der Waals surface area contributed by atoms with Gasteiger partial charge in [0.15, 0.2) is 11.5 Å². The van der Waals surface area contributed by atoms with Gasteiger partial charge in [0.2, 0.25) is 0 Å². The van der Waals surface area contributed by atoms with E-state index < -0.39 is 0 Å². The Bertz CT molecular complexity index is 1130. The van der Waals surface area contributed by atoms with Gasteiger partial charge in [-0.2, -0.15) is 11.8 Å². The molecule has 0 bridgehead atoms. The summed E-state index contributed by atoms with van der Waals surface area (Å²) in [6.07, 6.45) is 0.816. The third-order valence-corrected chi connectivity index (χ3v) is 6.49. The average molecular weight is 405 g/mol. The highest BCUT2D eigenvalue weighted by atomic mass is 32.2. The van der Waals surface area contributed by atoms with E-state index >= 15 is 0 Å². The second-order valence-electron chi connectivity index (χ2n) is 7.42. The van der Waals surface area contributed by atoms with Crippen LogP contribution in [0.15, 0.2) is 54.6 Å². The van der Waals surface area contributed by atoms with Gasteiger partial charge in [-0.15, -0.1) is 10.2 Å². The zero-order chi connectivity index (χ0) is 19.6. The van der Waals surface area contributed by atoms with Crippen molar-refractivity contribution in [2.24, 2.45) is 0 Å². The molecule has 4 aromatic rings. The molecule has 29 heavy (non-hydrogen) atoms. The van der Waals surface area contributed by atoms with E-state index in [-0.39, 0.29) is 0 Å². The summed E-state index contributed by atoms with van der Waals surface area (Å²) in [4.78, 5) is 2.48. The third kappa shape index (κ3) is 3.70. The van der Waals surface area contributed by atoms with E-state index in [0.717, 1.165) is 43.3 Å². The Morgan fingerprint density at radius 3 is 2.59 bits per heavy atom. The molecule has 1 fully saturated rings. The van der Waals surface area contributed by atoms with E-state index in [9.17, 15) is 0 Å². The maximum Gasteiger partial charge on any atom is 0.164 e. The second-order valence-corrected chi connectivity index (χ2v) is 8.64. The van der Waals surface area contributed by atoms with Crippen LogP contribution < -0.4 is 4.74 Å². The maximum absolute atomic E-state index is 5.29. The molecule has 5 nitrogen and oxygen atoms in total. The van der Waals surface area contributed by atoms with E-state index in [0.29, 0.717) is 0 Å². The smallest absolute Gasteiger partial charge is 0.164 e. The minimum atomic E-state index is 0.816. The largest absolute Gasteiger partial charge is 0.497 e. The fraction of sp³-hybridized carbons (Fsp3) is 0.304. The van der Waals surface area contributed by atoms with Crippen LogP contribution in [-0.4, -0.2) is 51.2 Å². The Kier molecular flexibility index (Phi) is 5.12. The number of thioether (sulfide) groups is 1. The van der Waals surface area contributed by atoms with Crippen molar-refractivity contribution in [1.82, 2.24) is 19.5 Å². The summed E-state index contributed by atoms with van der Waals surface area (Å²) < 4.78 is 7.55. The Labute approximate surface area is 174 Å². The van der Waals surface area contributed by atoms with Crippen molar-refractivity contribution >= 4 is 28.3 Å². The van der Waals surface area contributed by atoms with Gasteiger partial charge in [0.05, 0.1) is 19.2 Å². The highest BCUT2D eigenvalue weighted by Gasteiger charge is 2.18. The van der Waals surface area contributed by atoms with Crippen molar-refractivity contribution in [3.8, 4) is 5.75 Å². The molecule has 6 heteroatoms. The molecule has 5 rings (SSSR count). The number of para-hydroxylation sites is 1. The lowest BCUT2D eigenvalue weighted by atomic mass is 10.0. The van der Waals surface area contributed by atoms with Crippen LogP contribution in [0.2, 0.25) is 0 Å². The molecule has 2 aromatic carbocycles. The first-order valence-electron chi connectivity index (χ1n) is 9.99. The fourth-order valence-electron chi connectivity index (χ4n) is 4.00. The summed E-state index contributed by atoms with van der Waals surface area (Å²) in [5.41, 5.74) is 4.57. The van der Waals surface area contributed by atoms with Crippen molar-refractivity contribution in [2.45, 2.75) is 13.0 Å². The van der Waals surface area contributed by atoms with Crippen molar-refractivity contribution in [2.75, 3.05) is 31.7 Å². The molecule has 1 aliphatic rings. The first-order chi connectivity index (χ1) is 14.3. The van der Waals surface area contributed by atoms with Crippen molar-refractivity contribution in [3.05, 3.63) is 71.5 Å². The number of benzene rings is 2. The average Bonchev–Trinajstić information content (AvgIpc) is 3.19. The van der Waals surface area contributed by atoms with E-state index in [2.05, 4.69) is 62.0 Å². The number of ether oxygens (including phenoxy) is 1. The fourth-order valence-corrected chi connectivity index (χ4v) is 4.98. The van der Waals surface area contributed by atoms with Crippen molar-refractivity contribution in [3.63, 3.8) is 0 Å². The molecule has 0 radical (unpaired) electrons. The Morgan fingerprint density at radius 1 is 1.00 bits per heavy atom. The van der Waals surface area contributed by atoms with Crippen molar-refractivity contribution in [1.29, 1.82) is 0 Å². The molecule has 0 atom stereocenters. The van der Waals surface area contributed by atoms with Crippen LogP contribution >= 0.6 is 11.8 Å². The summed E-state index contributed by atoms with van der Waals surface area (Å²) in [6, 6.07) is 19.0. The quantitative estimate of drug-likeness (QED) is 0.502. The van der Waals surface area contributed by atoms with Gasteiger partial charge in [0, 0.05) is 36.6 Å². The molecule has 1 aliphatic heterocycles. The number of nitrogens with zero attached hydrogens (tertiary/aromatic N) is 4. The Morgan fingerprint density at radius 2 is 1.79 bits per heavy atom. The van der Waals surface area contributed by atoms with Crippen molar-refractivity contribution < 1.29 is 4.74 Å². The Balaban J connectivity index is 1.58. The predicted octanol–water partition coefficient (Wildman–Crippen LogP) is 4.03. The predicted molar refractivity (Wildman–Crippen MR) is 119 cm³/mol. The monoisotopic (exact) mass is 404 g/mol. The van der Waals surface area contributed by atoms with Crippen LogP contribution in [0, 0.1) is 0 Å². The minimum absolute atomic E-state index is 0.816.